The van der Waals surface area contributed by atoms with Gasteiger partial charge in [-0.2, -0.15) is 0 Å². The Kier molecular flexibility index (Phi) is 3.36. The molecule has 0 bridgehead atoms. The number of alkyl carbamates (subject to hydrolysis) is 1. The van der Waals surface area contributed by atoms with E-state index in [1.165, 1.54) is 6.07 Å². The molecule has 0 radical (unpaired) electrons. The summed E-state index contributed by atoms with van der Waals surface area (Å²) in [5.41, 5.74) is -1.22. The van der Waals surface area contributed by atoms with Crippen LogP contribution in [0.5, 0.6) is 0 Å². The fourth-order valence-corrected chi connectivity index (χ4v) is 2.39. The molecule has 0 spiro atoms. The summed E-state index contributed by atoms with van der Waals surface area (Å²) in [6.07, 6.45) is 1.94. The molecule has 1 aromatic heterocycles. The van der Waals surface area contributed by atoms with Gasteiger partial charge in [-0.25, -0.2) is 13.2 Å². The van der Waals surface area contributed by atoms with Crippen LogP contribution in [-0.2, 0) is 20.1 Å². The Morgan fingerprint density at radius 1 is 1.35 bits per heavy atom. The topological polar surface area (TPSA) is 85.6 Å². The third-order valence-corrected chi connectivity index (χ3v) is 3.86. The number of ether oxygens (including phenoxy) is 1. The molecule has 7 heteroatoms. The number of furan rings is 1. The van der Waals surface area contributed by atoms with Crippen LogP contribution in [0.2, 0.25) is 0 Å². The van der Waals surface area contributed by atoms with Crippen LogP contribution in [0.3, 0.4) is 0 Å². The van der Waals surface area contributed by atoms with Crippen LogP contribution in [0.25, 0.3) is 0 Å². The number of sulfone groups is 1. The van der Waals surface area contributed by atoms with Crippen LogP contribution in [0.1, 0.15) is 39.4 Å². The lowest BCUT2D eigenvalue weighted by atomic mass is 10.2. The lowest BCUT2D eigenvalue weighted by molar-refractivity contribution is 0.0486. The molecule has 20 heavy (non-hydrogen) atoms. The van der Waals surface area contributed by atoms with Crippen molar-refractivity contribution in [2.75, 3.05) is 6.26 Å². The summed E-state index contributed by atoms with van der Waals surface area (Å²) in [6, 6.07) is 2.99. The van der Waals surface area contributed by atoms with Crippen molar-refractivity contribution in [3.63, 3.8) is 0 Å². The standard InChI is InChI=1S/C13H19NO5S/c1-12(2,3)19-11(15)14-13(7-8-13)9-5-6-10(18-9)20(4,16)17/h5-6H,7-8H2,1-4H3,(H,14,15). The summed E-state index contributed by atoms with van der Waals surface area (Å²) in [5.74, 6) is 0.448. The maximum atomic E-state index is 11.8. The van der Waals surface area contributed by atoms with Crippen molar-refractivity contribution in [3.05, 3.63) is 17.9 Å². The Morgan fingerprint density at radius 2 is 1.95 bits per heavy atom. The molecule has 0 aliphatic heterocycles. The summed E-state index contributed by atoms with van der Waals surface area (Å²) in [4.78, 5) is 11.8. The highest BCUT2D eigenvalue weighted by molar-refractivity contribution is 7.90. The van der Waals surface area contributed by atoms with Crippen molar-refractivity contribution in [2.24, 2.45) is 0 Å². The van der Waals surface area contributed by atoms with Gasteiger partial charge in [-0.1, -0.05) is 0 Å². The van der Waals surface area contributed by atoms with E-state index >= 15 is 0 Å². The second-order valence-corrected chi connectivity index (χ2v) is 8.05. The number of hydrogen-bond donors (Lipinski definition) is 1. The van der Waals surface area contributed by atoms with E-state index in [0.29, 0.717) is 18.6 Å². The predicted octanol–water partition coefficient (Wildman–Crippen LogP) is 2.20. The van der Waals surface area contributed by atoms with Crippen LogP contribution in [0.4, 0.5) is 4.79 Å². The Labute approximate surface area is 118 Å². The number of rotatable bonds is 3. The number of hydrogen-bond acceptors (Lipinski definition) is 5. The zero-order valence-corrected chi connectivity index (χ0v) is 12.8. The summed E-state index contributed by atoms with van der Waals surface area (Å²) in [7, 11) is -3.38. The van der Waals surface area contributed by atoms with Crippen LogP contribution in [0, 0.1) is 0 Å². The summed E-state index contributed by atoms with van der Waals surface area (Å²) in [6.45, 7) is 5.34. The minimum Gasteiger partial charge on any atom is -0.447 e. The maximum Gasteiger partial charge on any atom is 0.408 e. The van der Waals surface area contributed by atoms with E-state index in [2.05, 4.69) is 5.32 Å². The molecule has 1 aliphatic carbocycles. The van der Waals surface area contributed by atoms with Crippen LogP contribution < -0.4 is 5.32 Å². The van der Waals surface area contributed by atoms with E-state index < -0.39 is 27.1 Å². The smallest absolute Gasteiger partial charge is 0.408 e. The van der Waals surface area contributed by atoms with Crippen LogP contribution >= 0.6 is 0 Å². The number of carbonyl (C=O) groups excluding carboxylic acids is 1. The Balaban J connectivity index is 2.12. The van der Waals surface area contributed by atoms with Gasteiger partial charge in [0.15, 0.2) is 0 Å². The highest BCUT2D eigenvalue weighted by atomic mass is 32.2. The molecule has 1 N–H and O–H groups in total. The molecule has 1 saturated carbocycles. The summed E-state index contributed by atoms with van der Waals surface area (Å²) in [5, 5.41) is 2.66. The highest BCUT2D eigenvalue weighted by Crippen LogP contribution is 2.46. The van der Waals surface area contributed by atoms with Gasteiger partial charge in [0, 0.05) is 6.26 Å². The zero-order valence-electron chi connectivity index (χ0n) is 12.0. The second kappa shape index (κ2) is 4.51. The van der Waals surface area contributed by atoms with Crippen molar-refractivity contribution in [3.8, 4) is 0 Å². The maximum absolute atomic E-state index is 11.8. The SMILES string of the molecule is CC(C)(C)OC(=O)NC1(c2ccc(S(C)(=O)=O)o2)CC1. The number of nitrogens with one attached hydrogen (secondary N) is 1. The molecule has 2 rings (SSSR count). The third kappa shape index (κ3) is 3.33. The fourth-order valence-electron chi connectivity index (χ4n) is 1.83. The molecule has 112 valence electrons. The molecule has 0 aromatic carbocycles. The Bertz CT molecular complexity index is 619. The molecular formula is C13H19NO5S. The van der Waals surface area contributed by atoms with E-state index in [0.717, 1.165) is 6.26 Å². The number of carbonyl (C=O) groups is 1. The average Bonchev–Trinajstić information content (AvgIpc) is 2.82. The first-order chi connectivity index (χ1) is 9.02. The fraction of sp³-hybridized carbons (Fsp3) is 0.615. The minimum absolute atomic E-state index is 0.0928. The first-order valence-corrected chi connectivity index (χ1v) is 8.23. The normalized spacial score (nSPS) is 17.6. The Hall–Kier alpha value is -1.50. The quantitative estimate of drug-likeness (QED) is 0.925. The van der Waals surface area contributed by atoms with E-state index in [-0.39, 0.29) is 5.09 Å². The van der Waals surface area contributed by atoms with Gasteiger partial charge in [0.05, 0.1) is 0 Å². The highest BCUT2D eigenvalue weighted by Gasteiger charge is 2.49. The van der Waals surface area contributed by atoms with Gasteiger partial charge in [0.25, 0.3) is 0 Å². The van der Waals surface area contributed by atoms with Crippen LogP contribution in [-0.4, -0.2) is 26.4 Å². The van der Waals surface area contributed by atoms with Gasteiger partial charge in [0.2, 0.25) is 14.9 Å². The largest absolute Gasteiger partial charge is 0.447 e. The van der Waals surface area contributed by atoms with E-state index in [1.807, 2.05) is 0 Å². The first kappa shape index (κ1) is 14.9. The average molecular weight is 301 g/mol. The van der Waals surface area contributed by atoms with E-state index in [9.17, 15) is 13.2 Å². The Morgan fingerprint density at radius 3 is 2.35 bits per heavy atom. The van der Waals surface area contributed by atoms with Crippen LogP contribution in [0.15, 0.2) is 21.6 Å². The molecule has 1 aliphatic rings. The van der Waals surface area contributed by atoms with Gasteiger partial charge in [-0.15, -0.1) is 0 Å². The van der Waals surface area contributed by atoms with Crippen molar-refractivity contribution in [1.82, 2.24) is 5.32 Å². The molecule has 0 unspecified atom stereocenters. The van der Waals surface area contributed by atoms with Crippen molar-refractivity contribution in [2.45, 2.75) is 49.8 Å². The van der Waals surface area contributed by atoms with E-state index in [1.54, 1.807) is 26.8 Å². The minimum atomic E-state index is -3.38. The molecule has 1 amide bonds. The monoisotopic (exact) mass is 301 g/mol. The van der Waals surface area contributed by atoms with E-state index in [4.69, 9.17) is 9.15 Å². The third-order valence-electron chi connectivity index (χ3n) is 2.91. The lowest BCUT2D eigenvalue weighted by Gasteiger charge is -2.22. The molecule has 0 saturated heterocycles. The molecule has 1 fully saturated rings. The molecule has 1 heterocycles. The molecular weight excluding hydrogens is 282 g/mol. The molecule has 6 nitrogen and oxygen atoms in total. The number of amides is 1. The second-order valence-electron chi connectivity index (χ2n) is 6.10. The summed E-state index contributed by atoms with van der Waals surface area (Å²) >= 11 is 0. The van der Waals surface area contributed by atoms with Gasteiger partial charge >= 0.3 is 6.09 Å². The van der Waals surface area contributed by atoms with Gasteiger partial charge < -0.3 is 14.5 Å². The lowest BCUT2D eigenvalue weighted by Crippen LogP contribution is -2.39. The van der Waals surface area contributed by atoms with Crippen molar-refractivity contribution < 1.29 is 22.4 Å². The van der Waals surface area contributed by atoms with Gasteiger partial charge in [-0.05, 0) is 45.7 Å². The first-order valence-electron chi connectivity index (χ1n) is 6.33. The van der Waals surface area contributed by atoms with Crippen molar-refractivity contribution >= 4 is 15.9 Å². The van der Waals surface area contributed by atoms with Gasteiger partial charge in [0.1, 0.15) is 16.9 Å². The zero-order chi connectivity index (χ0) is 15.2. The molecule has 0 atom stereocenters. The van der Waals surface area contributed by atoms with Crippen molar-refractivity contribution in [1.29, 1.82) is 0 Å². The van der Waals surface area contributed by atoms with Gasteiger partial charge in [-0.3, -0.25) is 0 Å². The molecule has 1 aromatic rings. The predicted molar refractivity (Wildman–Crippen MR) is 72.1 cm³/mol. The summed E-state index contributed by atoms with van der Waals surface area (Å²) < 4.78 is 33.3.